The van der Waals surface area contributed by atoms with Crippen LogP contribution in [0.4, 0.5) is 5.69 Å². The molecule has 1 aromatic rings. The second-order valence-electron chi connectivity index (χ2n) is 11.5. The number of carbonyl (C=O) groups excluding carboxylic acids is 1. The van der Waals surface area contributed by atoms with Crippen molar-refractivity contribution < 1.29 is 4.79 Å². The summed E-state index contributed by atoms with van der Waals surface area (Å²) in [5.74, 6) is 2.58. The van der Waals surface area contributed by atoms with E-state index in [2.05, 4.69) is 66.7 Å². The number of hydrogen-bond donors (Lipinski definition) is 0. The Morgan fingerprint density at radius 1 is 1.03 bits per heavy atom. The minimum absolute atomic E-state index is 0.355. The molecule has 1 aromatic carbocycles. The number of piperidine rings is 1. The zero-order valence-corrected chi connectivity index (χ0v) is 19.4. The number of hydrogen-bond acceptors (Lipinski definition) is 3. The van der Waals surface area contributed by atoms with Gasteiger partial charge in [-0.2, -0.15) is 0 Å². The van der Waals surface area contributed by atoms with E-state index in [1.807, 2.05) is 0 Å². The minimum Gasteiger partial charge on any atom is -0.370 e. The highest BCUT2D eigenvalue weighted by Crippen LogP contribution is 2.51. The van der Waals surface area contributed by atoms with E-state index in [9.17, 15) is 4.79 Å². The summed E-state index contributed by atoms with van der Waals surface area (Å²) in [4.78, 5) is 20.1. The van der Waals surface area contributed by atoms with Crippen molar-refractivity contribution in [3.05, 3.63) is 29.8 Å². The van der Waals surface area contributed by atoms with E-state index in [1.165, 1.54) is 36.9 Å². The summed E-state index contributed by atoms with van der Waals surface area (Å²) in [6.45, 7) is 15.1. The fourth-order valence-corrected chi connectivity index (χ4v) is 6.18. The minimum atomic E-state index is 0.355. The average Bonchev–Trinajstić information content (AvgIpc) is 3.41. The first-order valence-electron chi connectivity index (χ1n) is 12.2. The van der Waals surface area contributed by atoms with Crippen LogP contribution in [0.2, 0.25) is 0 Å². The number of nitrogens with zero attached hydrogens (tertiary/aromatic N) is 3. The summed E-state index contributed by atoms with van der Waals surface area (Å²) in [6.07, 6.45) is 5.18. The van der Waals surface area contributed by atoms with Gasteiger partial charge in [0.05, 0.1) is 6.54 Å². The second kappa shape index (κ2) is 7.25. The molecule has 3 aliphatic heterocycles. The third kappa shape index (κ3) is 3.55. The molecular weight excluding hydrogens is 370 g/mol. The molecule has 0 aromatic heterocycles. The first-order valence-corrected chi connectivity index (χ1v) is 12.2. The first kappa shape index (κ1) is 20.4. The molecule has 1 unspecified atom stereocenters. The lowest BCUT2D eigenvalue weighted by molar-refractivity contribution is -0.148. The summed E-state index contributed by atoms with van der Waals surface area (Å²) >= 11 is 0. The molecule has 5 rings (SSSR count). The normalized spacial score (nSPS) is 26.9. The van der Waals surface area contributed by atoms with Gasteiger partial charge in [0.1, 0.15) is 0 Å². The Hall–Kier alpha value is -1.55. The van der Waals surface area contributed by atoms with Gasteiger partial charge in [-0.15, -0.1) is 0 Å². The maximum Gasteiger partial charge on any atom is 0.236 e. The highest BCUT2D eigenvalue weighted by Gasteiger charge is 2.55. The molecule has 0 radical (unpaired) electrons. The van der Waals surface area contributed by atoms with E-state index in [0.717, 1.165) is 44.6 Å². The molecule has 0 N–H and O–H groups in total. The Kier molecular flexibility index (Phi) is 4.92. The lowest BCUT2D eigenvalue weighted by Gasteiger charge is -2.61. The monoisotopic (exact) mass is 409 g/mol. The summed E-state index contributed by atoms with van der Waals surface area (Å²) in [5, 5.41) is 0. The van der Waals surface area contributed by atoms with E-state index in [0.29, 0.717) is 29.3 Å². The van der Waals surface area contributed by atoms with Crippen LogP contribution in [-0.2, 0) is 4.79 Å². The molecule has 164 valence electrons. The maximum atomic E-state index is 13.0. The number of carbonyl (C=O) groups is 1. The lowest BCUT2D eigenvalue weighted by atomic mass is 9.72. The molecule has 1 aliphatic carbocycles. The van der Waals surface area contributed by atoms with Crippen LogP contribution in [0.15, 0.2) is 24.3 Å². The highest BCUT2D eigenvalue weighted by atomic mass is 16.2. The fourth-order valence-electron chi connectivity index (χ4n) is 6.18. The van der Waals surface area contributed by atoms with Crippen molar-refractivity contribution in [2.45, 2.75) is 64.8 Å². The van der Waals surface area contributed by atoms with Crippen molar-refractivity contribution in [3.8, 4) is 0 Å². The van der Waals surface area contributed by atoms with Crippen LogP contribution in [0.5, 0.6) is 0 Å². The standard InChI is InChI=1S/C26H39N3O/c1-19(2)21-5-7-23(8-6-21)27-15-25(16-27)17-28(18-25)24(30)14-29-12-9-22(20(3)4)13-26(29)10-11-26/h5-8,19-20,22H,9-18H2,1-4H3. The van der Waals surface area contributed by atoms with E-state index in [-0.39, 0.29) is 0 Å². The number of amides is 1. The molecule has 3 saturated heterocycles. The van der Waals surface area contributed by atoms with Crippen molar-refractivity contribution in [3.63, 3.8) is 0 Å². The van der Waals surface area contributed by atoms with Crippen molar-refractivity contribution >= 4 is 11.6 Å². The SMILES string of the molecule is CC(C)c1ccc(N2CC3(CN(C(=O)CN4CCC(C(C)C)CC45CC5)C3)C2)cc1. The Bertz CT molecular complexity index is 781. The van der Waals surface area contributed by atoms with Crippen LogP contribution in [-0.4, -0.2) is 60.5 Å². The predicted octanol–water partition coefficient (Wildman–Crippen LogP) is 4.36. The van der Waals surface area contributed by atoms with Gasteiger partial charge in [0.25, 0.3) is 0 Å². The number of likely N-dealkylation sites (tertiary alicyclic amines) is 2. The zero-order valence-electron chi connectivity index (χ0n) is 19.4. The molecule has 2 spiro atoms. The van der Waals surface area contributed by atoms with Crippen molar-refractivity contribution in [1.29, 1.82) is 0 Å². The molecule has 1 atom stereocenters. The predicted molar refractivity (Wildman–Crippen MR) is 123 cm³/mol. The third-order valence-electron chi connectivity index (χ3n) is 8.56. The molecule has 4 heteroatoms. The lowest BCUT2D eigenvalue weighted by Crippen LogP contribution is -2.73. The smallest absolute Gasteiger partial charge is 0.236 e. The van der Waals surface area contributed by atoms with Gasteiger partial charge in [-0.1, -0.05) is 39.8 Å². The van der Waals surface area contributed by atoms with Crippen LogP contribution >= 0.6 is 0 Å². The first-order chi connectivity index (χ1) is 14.3. The van der Waals surface area contributed by atoms with Crippen molar-refractivity contribution in [2.24, 2.45) is 17.3 Å². The molecule has 1 saturated carbocycles. The summed E-state index contributed by atoms with van der Waals surface area (Å²) in [5.41, 5.74) is 3.47. The molecule has 1 amide bonds. The van der Waals surface area contributed by atoms with E-state index in [4.69, 9.17) is 0 Å². The van der Waals surface area contributed by atoms with Crippen LogP contribution in [0.25, 0.3) is 0 Å². The summed E-state index contributed by atoms with van der Waals surface area (Å²) < 4.78 is 0. The quantitative estimate of drug-likeness (QED) is 0.723. The van der Waals surface area contributed by atoms with Gasteiger partial charge < -0.3 is 9.80 Å². The molecule has 4 nitrogen and oxygen atoms in total. The van der Waals surface area contributed by atoms with Gasteiger partial charge in [-0.25, -0.2) is 0 Å². The van der Waals surface area contributed by atoms with Crippen LogP contribution in [0.1, 0.15) is 64.9 Å². The van der Waals surface area contributed by atoms with E-state index in [1.54, 1.807) is 0 Å². The van der Waals surface area contributed by atoms with Crippen LogP contribution in [0.3, 0.4) is 0 Å². The third-order valence-corrected chi connectivity index (χ3v) is 8.56. The largest absolute Gasteiger partial charge is 0.370 e. The van der Waals surface area contributed by atoms with E-state index >= 15 is 0 Å². The average molecular weight is 410 g/mol. The summed E-state index contributed by atoms with van der Waals surface area (Å²) in [6, 6.07) is 9.05. The van der Waals surface area contributed by atoms with Gasteiger partial charge in [0.15, 0.2) is 0 Å². The topological polar surface area (TPSA) is 26.8 Å². The van der Waals surface area contributed by atoms with Gasteiger partial charge >= 0.3 is 0 Å². The molecule has 4 fully saturated rings. The molecule has 4 aliphatic rings. The van der Waals surface area contributed by atoms with Crippen LogP contribution < -0.4 is 4.90 Å². The highest BCUT2D eigenvalue weighted by molar-refractivity contribution is 5.80. The van der Waals surface area contributed by atoms with Gasteiger partial charge in [-0.05, 0) is 67.7 Å². The Morgan fingerprint density at radius 2 is 1.70 bits per heavy atom. The maximum absolute atomic E-state index is 13.0. The molecule has 0 bridgehead atoms. The molecular formula is C26H39N3O. The van der Waals surface area contributed by atoms with Crippen LogP contribution in [0, 0.1) is 17.3 Å². The number of benzene rings is 1. The molecule has 30 heavy (non-hydrogen) atoms. The Labute approximate surface area is 182 Å². The van der Waals surface area contributed by atoms with Gasteiger partial charge in [0.2, 0.25) is 5.91 Å². The fraction of sp³-hybridized carbons (Fsp3) is 0.731. The number of rotatable bonds is 5. The van der Waals surface area contributed by atoms with Crippen molar-refractivity contribution in [1.82, 2.24) is 9.80 Å². The zero-order chi connectivity index (χ0) is 21.1. The number of anilines is 1. The van der Waals surface area contributed by atoms with E-state index < -0.39 is 0 Å². The van der Waals surface area contributed by atoms with Crippen molar-refractivity contribution in [2.75, 3.05) is 44.2 Å². The van der Waals surface area contributed by atoms with Gasteiger partial charge in [0, 0.05) is 42.8 Å². The Morgan fingerprint density at radius 3 is 2.27 bits per heavy atom. The summed E-state index contributed by atoms with van der Waals surface area (Å²) in [7, 11) is 0. The van der Waals surface area contributed by atoms with Gasteiger partial charge in [-0.3, -0.25) is 9.69 Å². The Balaban J connectivity index is 1.10. The molecule has 3 heterocycles. The second-order valence-corrected chi connectivity index (χ2v) is 11.5.